The summed E-state index contributed by atoms with van der Waals surface area (Å²) in [6.45, 7) is 6.64. The minimum Gasteiger partial charge on any atom is -0.379 e. The van der Waals surface area contributed by atoms with Crippen LogP contribution in [0.25, 0.3) is 0 Å². The predicted octanol–water partition coefficient (Wildman–Crippen LogP) is 2.77. The number of morpholine rings is 1. The molecule has 1 saturated heterocycles. The summed E-state index contributed by atoms with van der Waals surface area (Å²) in [4.78, 5) is 15.4. The van der Waals surface area contributed by atoms with Gasteiger partial charge in [0, 0.05) is 36.6 Å². The highest BCUT2D eigenvalue weighted by Gasteiger charge is 2.30. The van der Waals surface area contributed by atoms with Crippen LogP contribution in [0.4, 0.5) is 5.69 Å². The van der Waals surface area contributed by atoms with Gasteiger partial charge in [0.2, 0.25) is 10.0 Å². The first-order valence-electron chi connectivity index (χ1n) is 11.5. The molecular weight excluding hydrogens is 452 g/mol. The molecule has 0 unspecified atom stereocenters. The van der Waals surface area contributed by atoms with Crippen LogP contribution in [-0.2, 0) is 27.7 Å². The summed E-state index contributed by atoms with van der Waals surface area (Å²) in [7, 11) is -3.57. The van der Waals surface area contributed by atoms with Crippen LogP contribution in [0.15, 0.2) is 53.4 Å². The van der Waals surface area contributed by atoms with Crippen molar-refractivity contribution in [2.45, 2.75) is 31.7 Å². The van der Waals surface area contributed by atoms with Crippen LogP contribution in [0.5, 0.6) is 0 Å². The fourth-order valence-electron chi connectivity index (χ4n) is 4.65. The lowest BCUT2D eigenvalue weighted by Gasteiger charge is -2.26. The minimum atomic E-state index is -3.57. The number of benzene rings is 2. The first-order chi connectivity index (χ1) is 16.3. The Balaban J connectivity index is 1.36. The molecule has 1 amide bonds. The van der Waals surface area contributed by atoms with Crippen LogP contribution in [0.1, 0.15) is 32.9 Å². The smallest absolute Gasteiger partial charge is 0.258 e. The standard InChI is InChI=1S/C25H28N4O4S/c1-18-14-19(2)29(26-18)17-20-4-3-5-22(15-20)25(30)28-9-8-21-16-23(6-7-24(21)28)34(31,32)27-10-12-33-13-11-27/h3-7,14-16H,8-13,17H2,1-2H3. The highest BCUT2D eigenvalue weighted by Crippen LogP contribution is 2.32. The molecule has 34 heavy (non-hydrogen) atoms. The number of aryl methyl sites for hydroxylation is 2. The number of amides is 1. The maximum Gasteiger partial charge on any atom is 0.258 e. The molecule has 178 valence electrons. The lowest BCUT2D eigenvalue weighted by molar-refractivity contribution is 0.0730. The molecule has 3 aromatic rings. The van der Waals surface area contributed by atoms with E-state index in [4.69, 9.17) is 4.74 Å². The molecule has 2 aliphatic heterocycles. The number of hydrogen-bond acceptors (Lipinski definition) is 5. The topological polar surface area (TPSA) is 84.7 Å². The molecule has 0 aliphatic carbocycles. The van der Waals surface area contributed by atoms with E-state index in [1.54, 1.807) is 23.1 Å². The molecule has 0 atom stereocenters. The van der Waals surface area contributed by atoms with Crippen molar-refractivity contribution in [3.63, 3.8) is 0 Å². The highest BCUT2D eigenvalue weighted by atomic mass is 32.2. The van der Waals surface area contributed by atoms with E-state index in [1.165, 1.54) is 4.31 Å². The van der Waals surface area contributed by atoms with Crippen molar-refractivity contribution in [3.05, 3.63) is 76.6 Å². The monoisotopic (exact) mass is 480 g/mol. The average molecular weight is 481 g/mol. The summed E-state index contributed by atoms with van der Waals surface area (Å²) in [5.74, 6) is -0.0854. The Morgan fingerprint density at radius 1 is 1.03 bits per heavy atom. The largest absolute Gasteiger partial charge is 0.379 e. The lowest BCUT2D eigenvalue weighted by atomic mass is 10.1. The zero-order valence-corrected chi connectivity index (χ0v) is 20.2. The second-order valence-corrected chi connectivity index (χ2v) is 10.7. The number of carbonyl (C=O) groups excluding carboxylic acids is 1. The van der Waals surface area contributed by atoms with Crippen LogP contribution in [0.2, 0.25) is 0 Å². The number of ether oxygens (including phenoxy) is 1. The van der Waals surface area contributed by atoms with Crippen molar-refractivity contribution >= 4 is 21.6 Å². The number of anilines is 1. The van der Waals surface area contributed by atoms with Gasteiger partial charge in [-0.05, 0) is 67.8 Å². The van der Waals surface area contributed by atoms with Gasteiger partial charge in [0.1, 0.15) is 0 Å². The molecule has 0 bridgehead atoms. The van der Waals surface area contributed by atoms with Gasteiger partial charge in [0.25, 0.3) is 5.91 Å². The lowest BCUT2D eigenvalue weighted by Crippen LogP contribution is -2.40. The Kier molecular flexibility index (Phi) is 6.01. The van der Waals surface area contributed by atoms with E-state index in [0.29, 0.717) is 51.4 Å². The number of carbonyl (C=O) groups is 1. The summed E-state index contributed by atoms with van der Waals surface area (Å²) in [6, 6.07) is 14.7. The van der Waals surface area contributed by atoms with Gasteiger partial charge in [-0.3, -0.25) is 9.48 Å². The average Bonchev–Trinajstić information content (AvgIpc) is 3.41. The highest BCUT2D eigenvalue weighted by molar-refractivity contribution is 7.89. The maximum absolute atomic E-state index is 13.4. The molecule has 1 aromatic heterocycles. The molecular formula is C25H28N4O4S. The van der Waals surface area contributed by atoms with Gasteiger partial charge in [0.15, 0.2) is 0 Å². The molecule has 2 aromatic carbocycles. The number of aromatic nitrogens is 2. The van der Waals surface area contributed by atoms with Gasteiger partial charge in [-0.2, -0.15) is 9.40 Å². The summed E-state index contributed by atoms with van der Waals surface area (Å²) in [5, 5.41) is 4.51. The molecule has 8 nitrogen and oxygen atoms in total. The fraction of sp³-hybridized carbons (Fsp3) is 0.360. The Labute approximate surface area is 199 Å². The van der Waals surface area contributed by atoms with E-state index in [1.807, 2.05) is 48.9 Å². The zero-order valence-electron chi connectivity index (χ0n) is 19.4. The molecule has 0 saturated carbocycles. The van der Waals surface area contributed by atoms with Gasteiger partial charge < -0.3 is 9.64 Å². The van der Waals surface area contributed by atoms with Gasteiger partial charge in [-0.1, -0.05) is 12.1 Å². The molecule has 9 heteroatoms. The Hall–Kier alpha value is -3.01. The van der Waals surface area contributed by atoms with Gasteiger partial charge in [-0.15, -0.1) is 0 Å². The first-order valence-corrected chi connectivity index (χ1v) is 12.9. The van der Waals surface area contributed by atoms with Crippen LogP contribution in [0.3, 0.4) is 0 Å². The second-order valence-electron chi connectivity index (χ2n) is 8.80. The van der Waals surface area contributed by atoms with E-state index in [9.17, 15) is 13.2 Å². The molecule has 0 spiro atoms. The predicted molar refractivity (Wildman–Crippen MR) is 129 cm³/mol. The molecule has 3 heterocycles. The first kappa shape index (κ1) is 22.8. The van der Waals surface area contributed by atoms with Crippen molar-refractivity contribution in [3.8, 4) is 0 Å². The number of hydrogen-bond donors (Lipinski definition) is 0. The number of sulfonamides is 1. The van der Waals surface area contributed by atoms with Gasteiger partial charge in [0.05, 0.1) is 30.3 Å². The Morgan fingerprint density at radius 2 is 1.82 bits per heavy atom. The summed E-state index contributed by atoms with van der Waals surface area (Å²) < 4.78 is 34.7. The Bertz CT molecular complexity index is 1340. The third-order valence-corrected chi connectivity index (χ3v) is 8.30. The number of rotatable bonds is 5. The van der Waals surface area contributed by atoms with Gasteiger partial charge in [-0.25, -0.2) is 8.42 Å². The molecule has 0 N–H and O–H groups in total. The second kappa shape index (κ2) is 8.98. The van der Waals surface area contributed by atoms with E-state index in [2.05, 4.69) is 5.10 Å². The summed E-state index contributed by atoms with van der Waals surface area (Å²) in [5.41, 5.74) is 5.30. The Morgan fingerprint density at radius 3 is 2.56 bits per heavy atom. The molecule has 5 rings (SSSR count). The molecule has 0 radical (unpaired) electrons. The van der Waals surface area contributed by atoms with Crippen LogP contribution < -0.4 is 4.90 Å². The third kappa shape index (κ3) is 4.26. The SMILES string of the molecule is Cc1cc(C)n(Cc2cccc(C(=O)N3CCc4cc(S(=O)(=O)N5CCOCC5)ccc43)c2)n1. The summed E-state index contributed by atoms with van der Waals surface area (Å²) >= 11 is 0. The number of fused-ring (bicyclic) bond motifs is 1. The third-order valence-electron chi connectivity index (χ3n) is 6.41. The van der Waals surface area contributed by atoms with Crippen molar-refractivity contribution in [2.75, 3.05) is 37.7 Å². The quantitative estimate of drug-likeness (QED) is 0.561. The molecule has 1 fully saturated rings. The van der Waals surface area contributed by atoms with Crippen LogP contribution in [0, 0.1) is 13.8 Å². The van der Waals surface area contributed by atoms with Gasteiger partial charge >= 0.3 is 0 Å². The van der Waals surface area contributed by atoms with Crippen molar-refractivity contribution < 1.29 is 17.9 Å². The zero-order chi connectivity index (χ0) is 23.9. The van der Waals surface area contributed by atoms with Crippen LogP contribution >= 0.6 is 0 Å². The minimum absolute atomic E-state index is 0.0854. The normalized spacial score (nSPS) is 16.6. The van der Waals surface area contributed by atoms with E-state index < -0.39 is 10.0 Å². The fourth-order valence-corrected chi connectivity index (χ4v) is 6.11. The van der Waals surface area contributed by atoms with Crippen LogP contribution in [-0.4, -0.2) is 61.3 Å². The summed E-state index contributed by atoms with van der Waals surface area (Å²) in [6.07, 6.45) is 0.624. The van der Waals surface area contributed by atoms with Crippen molar-refractivity contribution in [1.29, 1.82) is 0 Å². The van der Waals surface area contributed by atoms with Crippen molar-refractivity contribution in [2.24, 2.45) is 0 Å². The van der Waals surface area contributed by atoms with E-state index >= 15 is 0 Å². The molecule has 2 aliphatic rings. The number of nitrogens with zero attached hydrogens (tertiary/aromatic N) is 4. The van der Waals surface area contributed by atoms with E-state index in [0.717, 1.165) is 28.2 Å². The maximum atomic E-state index is 13.4. The van der Waals surface area contributed by atoms with Crippen molar-refractivity contribution in [1.82, 2.24) is 14.1 Å². The van der Waals surface area contributed by atoms with E-state index in [-0.39, 0.29) is 10.8 Å².